The number of hydrogen-bond acceptors (Lipinski definition) is 5. The van der Waals surface area contributed by atoms with Gasteiger partial charge in [-0.3, -0.25) is 19.1 Å². The Bertz CT molecular complexity index is 763. The molecule has 1 aliphatic heterocycles. The molecule has 0 aliphatic carbocycles. The number of carbonyl (C=O) groups excluding carboxylic acids is 2. The van der Waals surface area contributed by atoms with Crippen molar-refractivity contribution in [3.05, 3.63) is 40.3 Å². The Labute approximate surface area is 148 Å². The van der Waals surface area contributed by atoms with Crippen molar-refractivity contribution in [2.75, 3.05) is 26.2 Å². The van der Waals surface area contributed by atoms with E-state index in [1.54, 1.807) is 22.1 Å². The predicted molar refractivity (Wildman–Crippen MR) is 90.6 cm³/mol. The second-order valence-electron chi connectivity index (χ2n) is 5.70. The van der Waals surface area contributed by atoms with Crippen molar-refractivity contribution in [2.45, 2.75) is 13.0 Å². The first-order valence-corrected chi connectivity index (χ1v) is 8.79. The first kappa shape index (κ1) is 17.2. The van der Waals surface area contributed by atoms with Crippen LogP contribution in [-0.4, -0.2) is 68.6 Å². The maximum atomic E-state index is 12.5. The number of carbonyl (C=O) groups is 3. The van der Waals surface area contributed by atoms with Crippen molar-refractivity contribution < 1.29 is 19.5 Å². The zero-order chi connectivity index (χ0) is 17.8. The number of carboxylic acid groups (broad SMARTS) is 1. The fourth-order valence-corrected chi connectivity index (χ4v) is 3.35. The van der Waals surface area contributed by atoms with Crippen LogP contribution in [0.15, 0.2) is 29.9 Å². The molecular formula is C16H18N4O4S. The summed E-state index contributed by atoms with van der Waals surface area (Å²) in [5.74, 6) is -1.05. The molecule has 1 fully saturated rings. The third kappa shape index (κ3) is 4.05. The number of carboxylic acids is 1. The molecule has 2 aromatic rings. The van der Waals surface area contributed by atoms with E-state index in [4.69, 9.17) is 5.11 Å². The maximum Gasteiger partial charge on any atom is 0.305 e. The van der Waals surface area contributed by atoms with Crippen LogP contribution < -0.4 is 0 Å². The van der Waals surface area contributed by atoms with Crippen LogP contribution in [0.4, 0.5) is 0 Å². The van der Waals surface area contributed by atoms with Crippen LogP contribution in [0.2, 0.25) is 0 Å². The topological polar surface area (TPSA) is 95.7 Å². The average Bonchev–Trinajstić information content (AvgIpc) is 3.30. The van der Waals surface area contributed by atoms with Gasteiger partial charge in [0.25, 0.3) is 11.8 Å². The Kier molecular flexibility index (Phi) is 5.13. The summed E-state index contributed by atoms with van der Waals surface area (Å²) in [4.78, 5) is 39.6. The second-order valence-corrected chi connectivity index (χ2v) is 6.65. The lowest BCUT2D eigenvalue weighted by Gasteiger charge is -2.34. The van der Waals surface area contributed by atoms with Crippen LogP contribution in [0.25, 0.3) is 0 Å². The molecule has 0 radical (unpaired) electrons. The van der Waals surface area contributed by atoms with Crippen molar-refractivity contribution in [1.29, 1.82) is 0 Å². The summed E-state index contributed by atoms with van der Waals surface area (Å²) < 4.78 is 1.46. The zero-order valence-corrected chi connectivity index (χ0v) is 14.3. The zero-order valence-electron chi connectivity index (χ0n) is 13.5. The Morgan fingerprint density at radius 3 is 2.40 bits per heavy atom. The van der Waals surface area contributed by atoms with E-state index in [1.165, 1.54) is 22.2 Å². The molecule has 0 spiro atoms. The average molecular weight is 362 g/mol. The van der Waals surface area contributed by atoms with E-state index in [2.05, 4.69) is 5.10 Å². The SMILES string of the molecule is O=C(O)CCn1cc(C(=O)N2CCN(C(=O)c3cccs3)CC2)cn1. The first-order chi connectivity index (χ1) is 12.0. The van der Waals surface area contributed by atoms with E-state index in [0.29, 0.717) is 36.6 Å². The number of rotatable bonds is 5. The van der Waals surface area contributed by atoms with Crippen molar-refractivity contribution >= 4 is 29.1 Å². The Hall–Kier alpha value is -2.68. The summed E-state index contributed by atoms with van der Waals surface area (Å²) in [6.45, 7) is 2.16. The minimum Gasteiger partial charge on any atom is -0.481 e. The molecule has 8 nitrogen and oxygen atoms in total. The van der Waals surface area contributed by atoms with Gasteiger partial charge in [0, 0.05) is 32.4 Å². The van der Waals surface area contributed by atoms with E-state index in [9.17, 15) is 14.4 Å². The van der Waals surface area contributed by atoms with Gasteiger partial charge in [0.2, 0.25) is 0 Å². The Balaban J connectivity index is 1.55. The summed E-state index contributed by atoms with van der Waals surface area (Å²) in [7, 11) is 0. The molecular weight excluding hydrogens is 344 g/mol. The molecule has 1 saturated heterocycles. The standard InChI is InChI=1S/C16H18N4O4S/c21-14(22)3-4-20-11-12(10-17-20)15(23)18-5-7-19(8-6-18)16(24)13-2-1-9-25-13/h1-2,9-11H,3-8H2,(H,21,22). The van der Waals surface area contributed by atoms with Gasteiger partial charge in [-0.1, -0.05) is 6.07 Å². The molecule has 1 N–H and O–H groups in total. The Morgan fingerprint density at radius 1 is 1.12 bits per heavy atom. The molecule has 0 bridgehead atoms. The van der Waals surface area contributed by atoms with Crippen molar-refractivity contribution in [2.24, 2.45) is 0 Å². The number of aliphatic carboxylic acids is 1. The van der Waals surface area contributed by atoms with Crippen LogP contribution >= 0.6 is 11.3 Å². The number of nitrogens with zero attached hydrogens (tertiary/aromatic N) is 4. The molecule has 3 rings (SSSR count). The highest BCUT2D eigenvalue weighted by molar-refractivity contribution is 7.12. The van der Waals surface area contributed by atoms with Gasteiger partial charge in [-0.25, -0.2) is 0 Å². The second kappa shape index (κ2) is 7.47. The highest BCUT2D eigenvalue weighted by Gasteiger charge is 2.26. The van der Waals surface area contributed by atoms with Crippen LogP contribution in [-0.2, 0) is 11.3 Å². The van der Waals surface area contributed by atoms with Crippen LogP contribution in [0.5, 0.6) is 0 Å². The van der Waals surface area contributed by atoms with Crippen LogP contribution in [0.3, 0.4) is 0 Å². The van der Waals surface area contributed by atoms with Crippen LogP contribution in [0.1, 0.15) is 26.5 Å². The van der Waals surface area contributed by atoms with Gasteiger partial charge in [0.1, 0.15) is 0 Å². The van der Waals surface area contributed by atoms with Gasteiger partial charge >= 0.3 is 5.97 Å². The molecule has 132 valence electrons. The van der Waals surface area contributed by atoms with Gasteiger partial charge < -0.3 is 14.9 Å². The van der Waals surface area contributed by atoms with Crippen molar-refractivity contribution in [1.82, 2.24) is 19.6 Å². The summed E-state index contributed by atoms with van der Waals surface area (Å²) in [6, 6.07) is 3.65. The van der Waals surface area contributed by atoms with Crippen LogP contribution in [0, 0.1) is 0 Å². The fraction of sp³-hybridized carbons (Fsp3) is 0.375. The van der Waals surface area contributed by atoms with Gasteiger partial charge in [-0.05, 0) is 11.4 Å². The highest BCUT2D eigenvalue weighted by Crippen LogP contribution is 2.15. The molecule has 0 atom stereocenters. The summed E-state index contributed by atoms with van der Waals surface area (Å²) in [5, 5.41) is 14.6. The first-order valence-electron chi connectivity index (χ1n) is 7.91. The smallest absolute Gasteiger partial charge is 0.305 e. The van der Waals surface area contributed by atoms with Gasteiger partial charge in [0.05, 0.1) is 29.6 Å². The largest absolute Gasteiger partial charge is 0.481 e. The van der Waals surface area contributed by atoms with Gasteiger partial charge in [-0.2, -0.15) is 5.10 Å². The van der Waals surface area contributed by atoms with E-state index < -0.39 is 5.97 Å². The van der Waals surface area contributed by atoms with Gasteiger partial charge in [0.15, 0.2) is 0 Å². The lowest BCUT2D eigenvalue weighted by molar-refractivity contribution is -0.137. The lowest BCUT2D eigenvalue weighted by Crippen LogP contribution is -2.50. The summed E-state index contributed by atoms with van der Waals surface area (Å²) in [5.41, 5.74) is 0.434. The summed E-state index contributed by atoms with van der Waals surface area (Å²) in [6.07, 6.45) is 2.97. The lowest BCUT2D eigenvalue weighted by atomic mass is 10.2. The molecule has 2 amide bonds. The number of thiophene rings is 1. The highest BCUT2D eigenvalue weighted by atomic mass is 32.1. The molecule has 2 aromatic heterocycles. The molecule has 3 heterocycles. The third-order valence-corrected chi connectivity index (χ3v) is 4.88. The number of aromatic nitrogens is 2. The van der Waals surface area contributed by atoms with E-state index in [1.807, 2.05) is 11.4 Å². The monoisotopic (exact) mass is 362 g/mol. The third-order valence-electron chi connectivity index (χ3n) is 4.02. The predicted octanol–water partition coefficient (Wildman–Crippen LogP) is 1.02. The van der Waals surface area contributed by atoms with E-state index >= 15 is 0 Å². The number of piperazine rings is 1. The van der Waals surface area contributed by atoms with Crippen molar-refractivity contribution in [3.63, 3.8) is 0 Å². The number of hydrogen-bond donors (Lipinski definition) is 1. The summed E-state index contributed by atoms with van der Waals surface area (Å²) >= 11 is 1.41. The quantitative estimate of drug-likeness (QED) is 0.857. The maximum absolute atomic E-state index is 12.5. The molecule has 0 saturated carbocycles. The molecule has 1 aliphatic rings. The normalized spacial score (nSPS) is 14.6. The molecule has 0 aromatic carbocycles. The molecule has 9 heteroatoms. The molecule has 0 unspecified atom stereocenters. The fourth-order valence-electron chi connectivity index (χ4n) is 2.66. The Morgan fingerprint density at radius 2 is 1.80 bits per heavy atom. The minimum atomic E-state index is -0.907. The van der Waals surface area contributed by atoms with E-state index in [-0.39, 0.29) is 24.8 Å². The van der Waals surface area contributed by atoms with Gasteiger partial charge in [-0.15, -0.1) is 11.3 Å². The minimum absolute atomic E-state index is 0.00332. The van der Waals surface area contributed by atoms with E-state index in [0.717, 1.165) is 0 Å². The van der Waals surface area contributed by atoms with Crippen molar-refractivity contribution in [3.8, 4) is 0 Å². The number of amides is 2. The molecule has 25 heavy (non-hydrogen) atoms. The number of aryl methyl sites for hydroxylation is 1.